The molecule has 2 atom stereocenters. The van der Waals surface area contributed by atoms with Gasteiger partial charge in [0.15, 0.2) is 11.6 Å². The van der Waals surface area contributed by atoms with Crippen molar-refractivity contribution in [3.63, 3.8) is 0 Å². The molecule has 0 amide bonds. The van der Waals surface area contributed by atoms with Crippen LogP contribution >= 0.6 is 0 Å². The summed E-state index contributed by atoms with van der Waals surface area (Å²) in [5, 5.41) is 25.9. The van der Waals surface area contributed by atoms with Gasteiger partial charge in [0.05, 0.1) is 17.9 Å². The monoisotopic (exact) mass is 423 g/mol. The Balaban J connectivity index is 0.000000370. The number of alkyl halides is 3. The van der Waals surface area contributed by atoms with Crippen LogP contribution in [-0.4, -0.2) is 64.5 Å². The number of aliphatic carboxylic acids is 3. The second kappa shape index (κ2) is 7.50. The fraction of sp³-hybridized carbons (Fsp3) is 0.471. The number of rotatable bonds is 5. The van der Waals surface area contributed by atoms with Gasteiger partial charge in [-0.05, 0) is 12.5 Å². The molecule has 0 aromatic heterocycles. The SMILES string of the molecule is COc1cccc(CN2C[C@@]3(C(=O)O)C[C@@]3(C(=O)O)C2)c1F.O=C(O)C(F)(F)F. The molecular formula is C17H17F4NO7. The van der Waals surface area contributed by atoms with Gasteiger partial charge in [-0.1, -0.05) is 12.1 Å². The number of hydrogen-bond acceptors (Lipinski definition) is 5. The predicted molar refractivity (Wildman–Crippen MR) is 86.7 cm³/mol. The molecule has 12 heteroatoms. The number of carbonyl (C=O) groups is 3. The number of carboxylic acids is 3. The fourth-order valence-corrected chi connectivity index (χ4v) is 3.59. The first-order valence-corrected chi connectivity index (χ1v) is 8.11. The summed E-state index contributed by atoms with van der Waals surface area (Å²) < 4.78 is 50.8. The molecular weight excluding hydrogens is 406 g/mol. The molecule has 160 valence electrons. The standard InChI is InChI=1S/C15H16FNO5.C2HF3O2/c1-22-10-4-2-3-9(11(10)16)5-17-7-14(12(18)19)6-15(14,8-17)13(20)21;3-2(4,5)1(6)7/h2-4H,5-8H2,1H3,(H,18,19)(H,20,21);(H,6,7)/t14-,15+;. The molecule has 1 aliphatic heterocycles. The van der Waals surface area contributed by atoms with Gasteiger partial charge < -0.3 is 20.1 Å². The number of likely N-dealkylation sites (tertiary alicyclic amines) is 1. The first-order chi connectivity index (χ1) is 13.3. The third-order valence-electron chi connectivity index (χ3n) is 5.10. The van der Waals surface area contributed by atoms with Gasteiger partial charge in [-0.25, -0.2) is 9.18 Å². The zero-order chi connectivity index (χ0) is 22.2. The van der Waals surface area contributed by atoms with Crippen LogP contribution in [0.3, 0.4) is 0 Å². The second-order valence-electron chi connectivity index (χ2n) is 6.83. The lowest BCUT2D eigenvalue weighted by atomic mass is 9.97. The lowest BCUT2D eigenvalue weighted by Gasteiger charge is -2.20. The number of fused-ring (bicyclic) bond motifs is 1. The van der Waals surface area contributed by atoms with Crippen LogP contribution in [-0.2, 0) is 20.9 Å². The molecule has 2 fully saturated rings. The molecule has 0 unspecified atom stereocenters. The van der Waals surface area contributed by atoms with E-state index in [1.807, 2.05) is 0 Å². The van der Waals surface area contributed by atoms with Crippen LogP contribution in [0, 0.1) is 16.6 Å². The van der Waals surface area contributed by atoms with Gasteiger partial charge >= 0.3 is 24.1 Å². The number of benzene rings is 1. The normalized spacial score (nSPS) is 25.4. The van der Waals surface area contributed by atoms with Crippen LogP contribution in [0.5, 0.6) is 5.75 Å². The minimum absolute atomic E-state index is 0.114. The fourth-order valence-electron chi connectivity index (χ4n) is 3.59. The van der Waals surface area contributed by atoms with Crippen LogP contribution in [0.2, 0.25) is 0 Å². The molecule has 0 spiro atoms. The third kappa shape index (κ3) is 3.97. The van der Waals surface area contributed by atoms with Crippen molar-refractivity contribution in [2.75, 3.05) is 20.2 Å². The largest absolute Gasteiger partial charge is 0.494 e. The summed E-state index contributed by atoms with van der Waals surface area (Å²) in [5.74, 6) is -5.33. The third-order valence-corrected chi connectivity index (χ3v) is 5.10. The number of piperidine rings is 1. The summed E-state index contributed by atoms with van der Waals surface area (Å²) >= 11 is 0. The van der Waals surface area contributed by atoms with Crippen molar-refractivity contribution in [2.24, 2.45) is 10.8 Å². The molecule has 29 heavy (non-hydrogen) atoms. The molecule has 1 heterocycles. The van der Waals surface area contributed by atoms with E-state index in [1.165, 1.54) is 13.2 Å². The van der Waals surface area contributed by atoms with Crippen LogP contribution < -0.4 is 4.74 Å². The smallest absolute Gasteiger partial charge is 0.490 e. The van der Waals surface area contributed by atoms with Crippen LogP contribution in [0.25, 0.3) is 0 Å². The minimum Gasteiger partial charge on any atom is -0.494 e. The molecule has 1 saturated carbocycles. The number of halogens is 4. The Morgan fingerprint density at radius 1 is 1.10 bits per heavy atom. The Morgan fingerprint density at radius 2 is 1.59 bits per heavy atom. The lowest BCUT2D eigenvalue weighted by molar-refractivity contribution is -0.192. The van der Waals surface area contributed by atoms with Gasteiger partial charge in [0.2, 0.25) is 0 Å². The van der Waals surface area contributed by atoms with E-state index in [4.69, 9.17) is 14.6 Å². The van der Waals surface area contributed by atoms with E-state index < -0.39 is 40.7 Å². The van der Waals surface area contributed by atoms with Crippen molar-refractivity contribution in [2.45, 2.75) is 19.1 Å². The first kappa shape index (κ1) is 22.4. The maximum absolute atomic E-state index is 14.2. The molecule has 1 aromatic carbocycles. The maximum atomic E-state index is 14.2. The highest BCUT2D eigenvalue weighted by molar-refractivity contribution is 5.94. The average molecular weight is 423 g/mol. The van der Waals surface area contributed by atoms with Gasteiger partial charge in [0.1, 0.15) is 0 Å². The van der Waals surface area contributed by atoms with Gasteiger partial charge in [-0.2, -0.15) is 13.2 Å². The molecule has 0 radical (unpaired) electrons. The van der Waals surface area contributed by atoms with E-state index in [0.29, 0.717) is 5.56 Å². The van der Waals surface area contributed by atoms with Gasteiger partial charge in [-0.3, -0.25) is 14.5 Å². The van der Waals surface area contributed by atoms with Crippen LogP contribution in [0.4, 0.5) is 17.6 Å². The van der Waals surface area contributed by atoms with Crippen molar-refractivity contribution in [1.82, 2.24) is 4.90 Å². The lowest BCUT2D eigenvalue weighted by Crippen LogP contribution is -2.28. The highest BCUT2D eigenvalue weighted by atomic mass is 19.4. The number of methoxy groups -OCH3 is 1. The quantitative estimate of drug-likeness (QED) is 0.613. The summed E-state index contributed by atoms with van der Waals surface area (Å²) in [7, 11) is 1.37. The molecule has 2 aliphatic rings. The summed E-state index contributed by atoms with van der Waals surface area (Å²) in [4.78, 5) is 33.5. The van der Waals surface area contributed by atoms with E-state index >= 15 is 0 Å². The number of hydrogen-bond donors (Lipinski definition) is 3. The topological polar surface area (TPSA) is 124 Å². The minimum atomic E-state index is -5.08. The van der Waals surface area contributed by atoms with Crippen LogP contribution in [0.1, 0.15) is 12.0 Å². The summed E-state index contributed by atoms with van der Waals surface area (Å²) in [5.41, 5.74) is -2.12. The molecule has 3 N–H and O–H groups in total. The predicted octanol–water partition coefficient (Wildman–Crippen LogP) is 1.83. The Labute approximate surface area is 161 Å². The van der Waals surface area contributed by atoms with Crippen molar-refractivity contribution in [3.05, 3.63) is 29.6 Å². The summed E-state index contributed by atoms with van der Waals surface area (Å²) in [6.07, 6.45) is -4.94. The summed E-state index contributed by atoms with van der Waals surface area (Å²) in [6, 6.07) is 4.73. The van der Waals surface area contributed by atoms with Crippen molar-refractivity contribution >= 4 is 17.9 Å². The van der Waals surface area contributed by atoms with E-state index in [-0.39, 0.29) is 31.8 Å². The van der Waals surface area contributed by atoms with Crippen molar-refractivity contribution in [3.8, 4) is 5.75 Å². The van der Waals surface area contributed by atoms with E-state index in [1.54, 1.807) is 17.0 Å². The van der Waals surface area contributed by atoms with Crippen molar-refractivity contribution < 1.29 is 52.0 Å². The second-order valence-corrected chi connectivity index (χ2v) is 6.83. The Bertz CT molecular complexity index is 816. The molecule has 1 aliphatic carbocycles. The molecule has 1 saturated heterocycles. The highest BCUT2D eigenvalue weighted by Crippen LogP contribution is 2.68. The zero-order valence-corrected chi connectivity index (χ0v) is 15.0. The Hall–Kier alpha value is -2.89. The van der Waals surface area contributed by atoms with Gasteiger partial charge in [-0.15, -0.1) is 0 Å². The molecule has 0 bridgehead atoms. The number of nitrogens with zero attached hydrogens (tertiary/aromatic N) is 1. The van der Waals surface area contributed by atoms with E-state index in [0.717, 1.165) is 0 Å². The number of carboxylic acid groups (broad SMARTS) is 3. The maximum Gasteiger partial charge on any atom is 0.490 e. The van der Waals surface area contributed by atoms with E-state index in [9.17, 15) is 37.4 Å². The molecule has 3 rings (SSSR count). The summed E-state index contributed by atoms with van der Waals surface area (Å²) in [6.45, 7) is 0.393. The Morgan fingerprint density at radius 3 is 1.97 bits per heavy atom. The van der Waals surface area contributed by atoms with E-state index in [2.05, 4.69) is 0 Å². The molecule has 8 nitrogen and oxygen atoms in total. The molecule has 1 aromatic rings. The average Bonchev–Trinajstić information content (AvgIpc) is 3.15. The first-order valence-electron chi connectivity index (χ1n) is 8.11. The van der Waals surface area contributed by atoms with Crippen LogP contribution in [0.15, 0.2) is 18.2 Å². The number of ether oxygens (including phenoxy) is 1. The zero-order valence-electron chi connectivity index (χ0n) is 15.0. The van der Waals surface area contributed by atoms with Gasteiger partial charge in [0, 0.05) is 25.2 Å². The highest BCUT2D eigenvalue weighted by Gasteiger charge is 2.80. The Kier molecular flexibility index (Phi) is 5.79. The van der Waals surface area contributed by atoms with Crippen molar-refractivity contribution in [1.29, 1.82) is 0 Å². The van der Waals surface area contributed by atoms with Gasteiger partial charge in [0.25, 0.3) is 0 Å².